The zero-order valence-electron chi connectivity index (χ0n) is 9.77. The number of aromatic carboxylic acids is 1. The van der Waals surface area contributed by atoms with Gasteiger partial charge in [-0.1, -0.05) is 0 Å². The zero-order chi connectivity index (χ0) is 14.4. The Bertz CT molecular complexity index is 610. The molecule has 1 rings (SSSR count). The highest BCUT2D eigenvalue weighted by molar-refractivity contribution is 5.95. The number of carbonyl (C=O) groups is 1. The molecule has 0 amide bonds. The lowest BCUT2D eigenvalue weighted by Gasteiger charge is -2.09. The maximum Gasteiger partial charge on any atom is 0.337 e. The molecule has 0 aromatic heterocycles. The molecule has 0 aliphatic rings. The first kappa shape index (κ1) is 14.0. The predicted molar refractivity (Wildman–Crippen MR) is 62.8 cm³/mol. The second-order valence-electron chi connectivity index (χ2n) is 3.26. The van der Waals surface area contributed by atoms with Gasteiger partial charge in [0.25, 0.3) is 0 Å². The van der Waals surface area contributed by atoms with Crippen molar-refractivity contribution >= 4 is 11.7 Å². The average molecular weight is 261 g/mol. The van der Waals surface area contributed by atoms with Gasteiger partial charge in [0.15, 0.2) is 11.6 Å². The Morgan fingerprint density at radius 1 is 1.47 bits per heavy atom. The van der Waals surface area contributed by atoms with Gasteiger partial charge in [-0.15, -0.1) is 0 Å². The van der Waals surface area contributed by atoms with E-state index in [-0.39, 0.29) is 22.6 Å². The molecule has 0 saturated carbocycles. The van der Waals surface area contributed by atoms with Crippen molar-refractivity contribution in [1.82, 2.24) is 0 Å². The molecule has 0 atom stereocenters. The molecule has 0 bridgehead atoms. The summed E-state index contributed by atoms with van der Waals surface area (Å²) in [6, 6.07) is 5.07. The van der Waals surface area contributed by atoms with Gasteiger partial charge < -0.3 is 15.2 Å². The lowest BCUT2D eigenvalue weighted by Crippen LogP contribution is -2.04. The molecular formula is C12H8FN3O3. The lowest BCUT2D eigenvalue weighted by atomic mass is 10.1. The first-order valence-electron chi connectivity index (χ1n) is 4.91. The van der Waals surface area contributed by atoms with Crippen molar-refractivity contribution in [3.05, 3.63) is 35.3 Å². The number of hydrogen-bond donors (Lipinski definition) is 2. The summed E-state index contributed by atoms with van der Waals surface area (Å²) in [4.78, 5) is 11.0. The Balaban J connectivity index is 3.25. The van der Waals surface area contributed by atoms with E-state index in [1.807, 2.05) is 0 Å². The molecule has 0 aliphatic heterocycles. The first-order chi connectivity index (χ1) is 9.03. The van der Waals surface area contributed by atoms with E-state index >= 15 is 0 Å². The summed E-state index contributed by atoms with van der Waals surface area (Å²) in [5.41, 5.74) is -0.605. The van der Waals surface area contributed by atoms with E-state index in [9.17, 15) is 9.18 Å². The summed E-state index contributed by atoms with van der Waals surface area (Å²) in [5, 5.41) is 28.4. The van der Waals surface area contributed by atoms with E-state index in [4.69, 9.17) is 15.6 Å². The van der Waals surface area contributed by atoms with Gasteiger partial charge in [0.1, 0.15) is 17.7 Å². The number of nitrogens with zero attached hydrogens (tertiary/aromatic N) is 2. The molecule has 0 spiro atoms. The van der Waals surface area contributed by atoms with E-state index in [0.717, 1.165) is 18.3 Å². The van der Waals surface area contributed by atoms with Gasteiger partial charge in [0.2, 0.25) is 0 Å². The summed E-state index contributed by atoms with van der Waals surface area (Å²) in [5.74, 6) is -2.28. The third-order valence-corrected chi connectivity index (χ3v) is 2.14. The third-order valence-electron chi connectivity index (χ3n) is 2.14. The van der Waals surface area contributed by atoms with E-state index < -0.39 is 11.8 Å². The number of hydrogen-bond acceptors (Lipinski definition) is 5. The largest absolute Gasteiger partial charge is 0.494 e. The molecule has 0 fully saturated rings. The number of carboxylic acids is 1. The highest BCUT2D eigenvalue weighted by atomic mass is 19.1. The number of nitriles is 2. The van der Waals surface area contributed by atoms with Crippen molar-refractivity contribution < 1.29 is 19.0 Å². The number of ether oxygens (including phenoxy) is 1. The minimum absolute atomic E-state index is 0.0891. The fourth-order valence-electron chi connectivity index (χ4n) is 1.25. The van der Waals surface area contributed by atoms with Crippen LogP contribution in [0.5, 0.6) is 5.75 Å². The summed E-state index contributed by atoms with van der Waals surface area (Å²) in [7, 11) is 1.21. The minimum Gasteiger partial charge on any atom is -0.494 e. The van der Waals surface area contributed by atoms with Crippen LogP contribution >= 0.6 is 0 Å². The number of nitrogens with one attached hydrogen (secondary N) is 1. The van der Waals surface area contributed by atoms with Gasteiger partial charge in [0.05, 0.1) is 18.4 Å². The van der Waals surface area contributed by atoms with Crippen LogP contribution in [0.3, 0.4) is 0 Å². The Morgan fingerprint density at radius 2 is 2.11 bits per heavy atom. The Labute approximate surface area is 108 Å². The lowest BCUT2D eigenvalue weighted by molar-refractivity contribution is 0.0697. The normalized spacial score (nSPS) is 8.84. The number of allylic oxidation sites excluding steroid dienone is 1. The molecule has 19 heavy (non-hydrogen) atoms. The van der Waals surface area contributed by atoms with Gasteiger partial charge in [-0.25, -0.2) is 9.18 Å². The fourth-order valence-corrected chi connectivity index (χ4v) is 1.25. The summed E-state index contributed by atoms with van der Waals surface area (Å²) in [6.07, 6.45) is 0.994. The summed E-state index contributed by atoms with van der Waals surface area (Å²) >= 11 is 0. The Morgan fingerprint density at radius 3 is 2.58 bits per heavy atom. The molecule has 7 heteroatoms. The van der Waals surface area contributed by atoms with Crippen molar-refractivity contribution in [3.8, 4) is 17.9 Å². The number of anilines is 1. The molecule has 0 saturated heterocycles. The Kier molecular flexibility index (Phi) is 4.44. The van der Waals surface area contributed by atoms with Gasteiger partial charge in [-0.2, -0.15) is 10.5 Å². The van der Waals surface area contributed by atoms with Crippen LogP contribution in [0.2, 0.25) is 0 Å². The van der Waals surface area contributed by atoms with Crippen LogP contribution in [0.1, 0.15) is 10.4 Å². The highest BCUT2D eigenvalue weighted by Gasteiger charge is 2.15. The van der Waals surface area contributed by atoms with E-state index in [0.29, 0.717) is 0 Å². The monoisotopic (exact) mass is 261 g/mol. The maximum atomic E-state index is 13.5. The molecule has 0 unspecified atom stereocenters. The van der Waals surface area contributed by atoms with E-state index in [1.54, 1.807) is 12.1 Å². The van der Waals surface area contributed by atoms with E-state index in [2.05, 4.69) is 10.1 Å². The second-order valence-corrected chi connectivity index (χ2v) is 3.26. The molecule has 6 nitrogen and oxygen atoms in total. The van der Waals surface area contributed by atoms with Crippen LogP contribution in [0.15, 0.2) is 23.9 Å². The number of carboxylic acid groups (broad SMARTS) is 1. The first-order valence-corrected chi connectivity index (χ1v) is 4.91. The molecule has 0 aliphatic carbocycles. The fraction of sp³-hybridized carbons (Fsp3) is 0.0833. The van der Waals surface area contributed by atoms with Crippen molar-refractivity contribution in [2.24, 2.45) is 0 Å². The number of methoxy groups -OCH3 is 1. The van der Waals surface area contributed by atoms with Crippen LogP contribution in [-0.4, -0.2) is 18.2 Å². The van der Waals surface area contributed by atoms with Gasteiger partial charge >= 0.3 is 5.97 Å². The Hall–Kier alpha value is -3.06. The van der Waals surface area contributed by atoms with Gasteiger partial charge in [0, 0.05) is 12.3 Å². The SMILES string of the molecule is COc1cc(C(=O)O)c(NC=C(C#N)C#N)cc1F. The van der Waals surface area contributed by atoms with Gasteiger partial charge in [-0.05, 0) is 6.07 Å². The van der Waals surface area contributed by atoms with Crippen LogP contribution in [-0.2, 0) is 0 Å². The summed E-state index contributed by atoms with van der Waals surface area (Å²) in [6.45, 7) is 0. The average Bonchev–Trinajstić information content (AvgIpc) is 2.39. The zero-order valence-corrected chi connectivity index (χ0v) is 9.77. The number of rotatable bonds is 4. The van der Waals surface area contributed by atoms with Crippen molar-refractivity contribution in [2.45, 2.75) is 0 Å². The smallest absolute Gasteiger partial charge is 0.337 e. The van der Waals surface area contributed by atoms with Crippen molar-refractivity contribution in [2.75, 3.05) is 12.4 Å². The number of benzene rings is 1. The molecule has 96 valence electrons. The standard InChI is InChI=1S/C12H8FN3O3/c1-19-11-2-8(12(17)18)10(3-9(11)13)16-6-7(4-14)5-15/h2-3,6,16H,1H3,(H,17,18). The molecule has 1 aromatic carbocycles. The molecule has 1 aromatic rings. The topological polar surface area (TPSA) is 106 Å². The highest BCUT2D eigenvalue weighted by Crippen LogP contribution is 2.26. The maximum absolute atomic E-state index is 13.5. The molecular weight excluding hydrogens is 253 g/mol. The van der Waals surface area contributed by atoms with Crippen LogP contribution < -0.4 is 10.1 Å². The third kappa shape index (κ3) is 3.20. The van der Waals surface area contributed by atoms with Gasteiger partial charge in [-0.3, -0.25) is 0 Å². The minimum atomic E-state index is -1.30. The van der Waals surface area contributed by atoms with Crippen molar-refractivity contribution in [1.29, 1.82) is 10.5 Å². The number of halogens is 1. The summed E-state index contributed by atoms with van der Waals surface area (Å²) < 4.78 is 18.1. The van der Waals surface area contributed by atoms with Crippen LogP contribution in [0.4, 0.5) is 10.1 Å². The molecule has 0 heterocycles. The molecule has 2 N–H and O–H groups in total. The predicted octanol–water partition coefficient (Wildman–Crippen LogP) is 1.88. The van der Waals surface area contributed by atoms with E-state index in [1.165, 1.54) is 7.11 Å². The van der Waals surface area contributed by atoms with Crippen molar-refractivity contribution in [3.63, 3.8) is 0 Å². The second kappa shape index (κ2) is 6.03. The van der Waals surface area contributed by atoms with Crippen LogP contribution in [0.25, 0.3) is 0 Å². The molecule has 0 radical (unpaired) electrons. The van der Waals surface area contributed by atoms with Crippen LogP contribution in [0, 0.1) is 28.5 Å². The quantitative estimate of drug-likeness (QED) is 0.801.